The Morgan fingerprint density at radius 2 is 2.25 bits per heavy atom. The van der Waals surface area contributed by atoms with Gasteiger partial charge in [-0.3, -0.25) is 8.58 Å². The molecule has 4 heteroatoms. The third kappa shape index (κ3) is 0.881. The van der Waals surface area contributed by atoms with Crippen LogP contribution in [0.1, 0.15) is 11.4 Å². The quantitative estimate of drug-likeness (QED) is 0.613. The van der Waals surface area contributed by atoms with Gasteiger partial charge in [-0.15, -0.1) is 0 Å². The molecule has 0 aliphatic heterocycles. The molecular formula is C8H8N2OS. The minimum atomic E-state index is -0.120. The molecule has 0 spiro atoms. The molecule has 0 saturated carbocycles. The molecule has 12 heavy (non-hydrogen) atoms. The number of hydrogen-bond donors (Lipinski definition) is 0. The van der Waals surface area contributed by atoms with Crippen LogP contribution in [0.5, 0.6) is 0 Å². The molecule has 62 valence electrons. The van der Waals surface area contributed by atoms with Crippen LogP contribution >= 0.6 is 11.5 Å². The van der Waals surface area contributed by atoms with Gasteiger partial charge in [-0.2, -0.15) is 4.98 Å². The van der Waals surface area contributed by atoms with Crippen molar-refractivity contribution in [3.05, 3.63) is 33.2 Å². The third-order valence-electron chi connectivity index (χ3n) is 1.87. The molecule has 0 fully saturated rings. The van der Waals surface area contributed by atoms with Crippen LogP contribution in [-0.4, -0.2) is 8.77 Å². The van der Waals surface area contributed by atoms with Gasteiger partial charge < -0.3 is 0 Å². The molecule has 3 nitrogen and oxygen atoms in total. The number of nitrogens with zero attached hydrogens (tertiary/aromatic N) is 2. The lowest BCUT2D eigenvalue weighted by Crippen LogP contribution is -2.13. The Hall–Kier alpha value is -1.16. The zero-order valence-electron chi connectivity index (χ0n) is 6.87. The van der Waals surface area contributed by atoms with Crippen molar-refractivity contribution in [2.24, 2.45) is 0 Å². The average Bonchev–Trinajstić information content (AvgIpc) is 2.48. The maximum Gasteiger partial charge on any atom is 0.276 e. The highest BCUT2D eigenvalue weighted by atomic mass is 32.1. The van der Waals surface area contributed by atoms with E-state index in [-0.39, 0.29) is 5.56 Å². The molecule has 0 saturated heterocycles. The van der Waals surface area contributed by atoms with Gasteiger partial charge in [0.15, 0.2) is 0 Å². The number of aryl methyl sites for hydroxylation is 2. The largest absolute Gasteiger partial charge is 0.276 e. The van der Waals surface area contributed by atoms with Gasteiger partial charge in [0.25, 0.3) is 5.56 Å². The van der Waals surface area contributed by atoms with Crippen LogP contribution in [-0.2, 0) is 0 Å². The molecule has 2 heterocycles. The highest BCUT2D eigenvalue weighted by molar-refractivity contribution is 7.04. The predicted octanol–water partition coefficient (Wildman–Crippen LogP) is 1.37. The summed E-state index contributed by atoms with van der Waals surface area (Å²) < 4.78 is 1.96. The number of hydrogen-bond acceptors (Lipinski definition) is 3. The van der Waals surface area contributed by atoms with Crippen LogP contribution in [0.2, 0.25) is 0 Å². The van der Waals surface area contributed by atoms with Crippen molar-refractivity contribution in [1.82, 2.24) is 8.77 Å². The molecule has 0 radical (unpaired) electrons. The lowest BCUT2D eigenvalue weighted by Gasteiger charge is -1.98. The molecule has 2 aromatic heterocycles. The molecule has 0 N–H and O–H groups in total. The molecule has 0 amide bonds. The van der Waals surface area contributed by atoms with E-state index in [1.54, 1.807) is 18.5 Å². The topological polar surface area (TPSA) is 34.4 Å². The molecule has 0 bridgehead atoms. The molecule has 0 aliphatic carbocycles. The average molecular weight is 180 g/mol. The fourth-order valence-corrected chi connectivity index (χ4v) is 2.01. The molecule has 2 rings (SSSR count). The minimum absolute atomic E-state index is 0.120. The molecule has 0 aliphatic rings. The maximum absolute atomic E-state index is 11.2. The van der Waals surface area contributed by atoms with E-state index in [1.165, 1.54) is 0 Å². The fourth-order valence-electron chi connectivity index (χ4n) is 1.19. The minimum Gasteiger partial charge on any atom is -0.267 e. The van der Waals surface area contributed by atoms with Gasteiger partial charge in [0.2, 0.25) is 0 Å². The van der Waals surface area contributed by atoms with Crippen LogP contribution in [0, 0.1) is 13.8 Å². The van der Waals surface area contributed by atoms with Crippen LogP contribution in [0.3, 0.4) is 0 Å². The lowest BCUT2D eigenvalue weighted by molar-refractivity contribution is 1.00. The summed E-state index contributed by atoms with van der Waals surface area (Å²) in [7, 11) is 0. The van der Waals surface area contributed by atoms with Crippen molar-refractivity contribution in [3.8, 4) is 0 Å². The standard InChI is InChI=1S/C8H8N2OS/c1-5-7-3-4-12-10(7)6(2)9-8(5)11/h3-4H,1-2H3. The second kappa shape index (κ2) is 2.42. The van der Waals surface area contributed by atoms with E-state index in [2.05, 4.69) is 4.98 Å². The summed E-state index contributed by atoms with van der Waals surface area (Å²) in [6.45, 7) is 3.64. The second-order valence-corrected chi connectivity index (χ2v) is 3.53. The van der Waals surface area contributed by atoms with Crippen molar-refractivity contribution in [1.29, 1.82) is 0 Å². The van der Waals surface area contributed by atoms with Crippen LogP contribution in [0.25, 0.3) is 5.52 Å². The van der Waals surface area contributed by atoms with E-state index >= 15 is 0 Å². The highest BCUT2D eigenvalue weighted by Crippen LogP contribution is 2.11. The first-order valence-corrected chi connectivity index (χ1v) is 4.48. The van der Waals surface area contributed by atoms with Gasteiger partial charge in [-0.05, 0) is 19.9 Å². The van der Waals surface area contributed by atoms with Gasteiger partial charge >= 0.3 is 0 Å². The van der Waals surface area contributed by atoms with Crippen LogP contribution in [0.15, 0.2) is 16.2 Å². The molecule has 0 unspecified atom stereocenters. The van der Waals surface area contributed by atoms with E-state index in [0.717, 1.165) is 16.9 Å². The maximum atomic E-state index is 11.2. The molecule has 0 aromatic carbocycles. The highest BCUT2D eigenvalue weighted by Gasteiger charge is 2.04. The Labute approximate surface area is 73.5 Å². The lowest BCUT2D eigenvalue weighted by atomic mass is 10.3. The normalized spacial score (nSPS) is 10.8. The first-order valence-electron chi connectivity index (χ1n) is 3.64. The smallest absolute Gasteiger partial charge is 0.267 e. The van der Waals surface area contributed by atoms with Crippen molar-refractivity contribution in [2.75, 3.05) is 0 Å². The zero-order valence-corrected chi connectivity index (χ0v) is 7.68. The molecular weight excluding hydrogens is 172 g/mol. The van der Waals surface area contributed by atoms with Crippen molar-refractivity contribution >= 4 is 17.0 Å². The van der Waals surface area contributed by atoms with E-state index in [9.17, 15) is 4.79 Å². The summed E-state index contributed by atoms with van der Waals surface area (Å²) in [5.41, 5.74) is 1.57. The summed E-state index contributed by atoms with van der Waals surface area (Å²) in [5.74, 6) is 0.760. The molecule has 0 atom stereocenters. The van der Waals surface area contributed by atoms with Crippen molar-refractivity contribution in [3.63, 3.8) is 0 Å². The summed E-state index contributed by atoms with van der Waals surface area (Å²) in [6, 6.07) is 1.94. The number of rotatable bonds is 0. The second-order valence-electron chi connectivity index (χ2n) is 2.68. The van der Waals surface area contributed by atoms with Gasteiger partial charge in [0.1, 0.15) is 5.82 Å². The van der Waals surface area contributed by atoms with Gasteiger partial charge in [-0.25, -0.2) is 0 Å². The van der Waals surface area contributed by atoms with Gasteiger partial charge in [0, 0.05) is 10.9 Å². The first kappa shape index (κ1) is 7.49. The zero-order chi connectivity index (χ0) is 8.72. The van der Waals surface area contributed by atoms with Gasteiger partial charge in [0.05, 0.1) is 5.52 Å². The monoisotopic (exact) mass is 180 g/mol. The van der Waals surface area contributed by atoms with Crippen LogP contribution in [0.4, 0.5) is 0 Å². The summed E-state index contributed by atoms with van der Waals surface area (Å²) in [5, 5.41) is 1.95. The summed E-state index contributed by atoms with van der Waals surface area (Å²) in [6.07, 6.45) is 0. The van der Waals surface area contributed by atoms with E-state index in [1.807, 2.05) is 22.2 Å². The Bertz CT molecular complexity index is 483. The van der Waals surface area contributed by atoms with Gasteiger partial charge in [-0.1, -0.05) is 11.5 Å². The first-order chi connectivity index (χ1) is 5.70. The summed E-state index contributed by atoms with van der Waals surface area (Å²) in [4.78, 5) is 15.1. The van der Waals surface area contributed by atoms with Crippen molar-refractivity contribution in [2.45, 2.75) is 13.8 Å². The van der Waals surface area contributed by atoms with E-state index in [4.69, 9.17) is 0 Å². The Balaban J connectivity index is 3.07. The van der Waals surface area contributed by atoms with Crippen LogP contribution < -0.4 is 5.56 Å². The van der Waals surface area contributed by atoms with Crippen molar-refractivity contribution < 1.29 is 0 Å². The predicted molar refractivity (Wildman–Crippen MR) is 48.8 cm³/mol. The summed E-state index contributed by atoms with van der Waals surface area (Å²) >= 11 is 1.55. The number of aromatic nitrogens is 2. The SMILES string of the molecule is Cc1c(=O)nc(C)n2sccc12. The molecule has 2 aromatic rings. The fraction of sp³-hybridized carbons (Fsp3) is 0.250. The van der Waals surface area contributed by atoms with E-state index < -0.39 is 0 Å². The number of fused-ring (bicyclic) bond motifs is 1. The third-order valence-corrected chi connectivity index (χ3v) is 2.80. The van der Waals surface area contributed by atoms with E-state index in [0.29, 0.717) is 0 Å². The Kier molecular flexibility index (Phi) is 1.51. The Morgan fingerprint density at radius 3 is 3.00 bits per heavy atom. The Morgan fingerprint density at radius 1 is 1.50 bits per heavy atom.